The molecule has 12 nitrogen and oxygen atoms in total. The maximum absolute atomic E-state index is 14.2. The predicted molar refractivity (Wildman–Crippen MR) is 186 cm³/mol. The van der Waals surface area contributed by atoms with Gasteiger partial charge in [0.15, 0.2) is 4.80 Å². The number of nitro benzene ring substituents is 2. The lowest BCUT2D eigenvalue weighted by Gasteiger charge is -2.26. The molecular formula is C35H26N4O8S2. The molecule has 1 aliphatic heterocycles. The van der Waals surface area contributed by atoms with Crippen molar-refractivity contribution in [1.82, 2.24) is 4.57 Å². The van der Waals surface area contributed by atoms with Crippen LogP contribution in [-0.4, -0.2) is 33.2 Å². The van der Waals surface area contributed by atoms with Crippen LogP contribution in [0.25, 0.3) is 11.8 Å². The van der Waals surface area contributed by atoms with Crippen LogP contribution in [0.15, 0.2) is 117 Å². The largest absolute Gasteiger partial charge is 0.463 e. The number of nitro groups is 2. The smallest absolute Gasteiger partial charge is 0.338 e. The number of benzene rings is 4. The molecule has 0 aliphatic carbocycles. The van der Waals surface area contributed by atoms with Crippen molar-refractivity contribution in [3.8, 4) is 11.5 Å². The number of aromatic nitrogens is 1. The molecule has 0 radical (unpaired) electrons. The average Bonchev–Trinajstić information content (AvgIpc) is 3.42. The van der Waals surface area contributed by atoms with E-state index in [4.69, 9.17) is 14.5 Å². The van der Waals surface area contributed by atoms with Crippen molar-refractivity contribution in [3.63, 3.8) is 0 Å². The van der Waals surface area contributed by atoms with E-state index in [1.165, 1.54) is 4.57 Å². The highest BCUT2D eigenvalue weighted by molar-refractivity contribution is 7.98. The molecule has 6 rings (SSSR count). The molecule has 14 heteroatoms. The third-order valence-electron chi connectivity index (χ3n) is 7.54. The molecule has 0 amide bonds. The molecule has 0 unspecified atom stereocenters. The molecule has 0 spiro atoms. The van der Waals surface area contributed by atoms with Gasteiger partial charge in [0.2, 0.25) is 5.75 Å². The Kier molecular flexibility index (Phi) is 9.51. The van der Waals surface area contributed by atoms with Gasteiger partial charge in [-0.3, -0.25) is 29.6 Å². The topological polar surface area (TPSA) is 156 Å². The summed E-state index contributed by atoms with van der Waals surface area (Å²) in [5, 5.41) is 22.8. The van der Waals surface area contributed by atoms with E-state index in [0.717, 1.165) is 34.4 Å². The first-order chi connectivity index (χ1) is 23.7. The number of ether oxygens (including phenoxy) is 2. The van der Waals surface area contributed by atoms with Crippen LogP contribution in [0.4, 0.5) is 11.4 Å². The number of fused-ring (bicyclic) bond motifs is 1. The maximum atomic E-state index is 14.2. The molecule has 1 atom stereocenters. The normalized spacial score (nSPS) is 14.2. The van der Waals surface area contributed by atoms with Crippen molar-refractivity contribution in [2.45, 2.75) is 17.9 Å². The summed E-state index contributed by atoms with van der Waals surface area (Å²) in [7, 11) is 0. The summed E-state index contributed by atoms with van der Waals surface area (Å²) >= 11 is 2.72. The Bertz CT molecular complexity index is 2320. The second-order valence-corrected chi connectivity index (χ2v) is 12.4. The van der Waals surface area contributed by atoms with E-state index in [9.17, 15) is 29.8 Å². The first-order valence-corrected chi connectivity index (χ1v) is 16.9. The van der Waals surface area contributed by atoms with E-state index >= 15 is 0 Å². The molecule has 1 aliphatic rings. The minimum atomic E-state index is -0.832. The lowest BCUT2D eigenvalue weighted by molar-refractivity contribution is -0.394. The molecule has 2 heterocycles. The van der Waals surface area contributed by atoms with Crippen molar-refractivity contribution >= 4 is 52.2 Å². The van der Waals surface area contributed by atoms with Crippen LogP contribution in [-0.2, 0) is 9.53 Å². The lowest BCUT2D eigenvalue weighted by atomic mass is 9.93. The number of carbonyl (C=O) groups excluding carboxylic acids is 1. The number of thiazole rings is 1. The van der Waals surface area contributed by atoms with Gasteiger partial charge in [-0.15, -0.1) is 11.8 Å². The first-order valence-electron chi connectivity index (χ1n) is 14.8. The van der Waals surface area contributed by atoms with E-state index in [-0.39, 0.29) is 29.2 Å². The number of thioether (sulfide) groups is 1. The van der Waals surface area contributed by atoms with E-state index in [2.05, 4.69) is 0 Å². The van der Waals surface area contributed by atoms with Crippen molar-refractivity contribution < 1.29 is 24.1 Å². The minimum Gasteiger partial charge on any atom is -0.463 e. The molecule has 1 aromatic heterocycles. The molecule has 0 N–H and O–H groups in total. The number of non-ortho nitro benzene ring substituents is 1. The SMILES string of the molecule is CCOC(=O)C1=C(c2ccccc2)N=c2s/c(=C/c3cccc(Oc4ccc([N+](=O)[O-])cc4[N+](=O)[O-])c3)c(=O)n2[C@H]1c1ccc(SC)cc1. The Morgan fingerprint density at radius 2 is 1.73 bits per heavy atom. The van der Waals surface area contributed by atoms with Crippen LogP contribution in [0, 0.1) is 20.2 Å². The summed E-state index contributed by atoms with van der Waals surface area (Å²) in [4.78, 5) is 55.4. The van der Waals surface area contributed by atoms with Crippen LogP contribution >= 0.6 is 23.1 Å². The number of rotatable bonds is 10. The van der Waals surface area contributed by atoms with Crippen molar-refractivity contribution in [3.05, 3.63) is 159 Å². The Morgan fingerprint density at radius 3 is 2.41 bits per heavy atom. The van der Waals surface area contributed by atoms with Crippen LogP contribution in [0.2, 0.25) is 0 Å². The summed E-state index contributed by atoms with van der Waals surface area (Å²) in [6.45, 7) is 1.85. The number of esters is 1. The average molecular weight is 695 g/mol. The first kappa shape index (κ1) is 33.1. The summed E-state index contributed by atoms with van der Waals surface area (Å²) in [6, 6.07) is 25.7. The number of hydrogen-bond donors (Lipinski definition) is 0. The van der Waals surface area contributed by atoms with Crippen LogP contribution in [0.3, 0.4) is 0 Å². The van der Waals surface area contributed by atoms with Crippen LogP contribution < -0.4 is 19.6 Å². The van der Waals surface area contributed by atoms with Gasteiger partial charge in [0.1, 0.15) is 5.75 Å². The lowest BCUT2D eigenvalue weighted by Crippen LogP contribution is -2.40. The maximum Gasteiger partial charge on any atom is 0.338 e. The second kappa shape index (κ2) is 14.1. The van der Waals surface area contributed by atoms with Crippen molar-refractivity contribution in [2.24, 2.45) is 4.99 Å². The van der Waals surface area contributed by atoms with Gasteiger partial charge in [0.05, 0.1) is 44.4 Å². The number of carbonyl (C=O) groups is 1. The van der Waals surface area contributed by atoms with Crippen LogP contribution in [0.5, 0.6) is 11.5 Å². The van der Waals surface area contributed by atoms with E-state index in [1.54, 1.807) is 49.0 Å². The molecule has 0 bridgehead atoms. The standard InChI is InChI=1S/C35H26N4O8S2/c1-3-46-34(41)30-31(22-9-5-4-6-10-22)36-35-37(32(30)23-12-15-26(48-2)16-13-23)33(40)29(49-35)19-21-8-7-11-25(18-21)47-28-17-14-24(38(42)43)20-27(28)39(44)45/h4-20,32H,3H2,1-2H3/b29-19+/t32-/m0/s1. The number of hydrogen-bond acceptors (Lipinski definition) is 11. The molecule has 5 aromatic rings. The fourth-order valence-corrected chi connectivity index (χ4v) is 6.75. The summed E-state index contributed by atoms with van der Waals surface area (Å²) in [5.74, 6) is -0.552. The van der Waals surface area contributed by atoms with E-state index in [0.29, 0.717) is 31.7 Å². The van der Waals surface area contributed by atoms with Gasteiger partial charge >= 0.3 is 11.7 Å². The Morgan fingerprint density at radius 1 is 0.980 bits per heavy atom. The number of nitrogens with zero attached hydrogens (tertiary/aromatic N) is 4. The highest BCUT2D eigenvalue weighted by Gasteiger charge is 2.35. The van der Waals surface area contributed by atoms with Gasteiger partial charge in [-0.25, -0.2) is 9.79 Å². The Labute approximate surface area is 286 Å². The third kappa shape index (κ3) is 6.77. The minimum absolute atomic E-state index is 0.133. The highest BCUT2D eigenvalue weighted by Crippen LogP contribution is 2.37. The zero-order chi connectivity index (χ0) is 34.7. The van der Waals surface area contributed by atoms with Gasteiger partial charge in [-0.1, -0.05) is 65.9 Å². The molecule has 4 aromatic carbocycles. The van der Waals surface area contributed by atoms with Gasteiger partial charge in [-0.2, -0.15) is 0 Å². The monoisotopic (exact) mass is 694 g/mol. The summed E-state index contributed by atoms with van der Waals surface area (Å²) in [6.07, 6.45) is 3.60. The Balaban J connectivity index is 1.49. The van der Waals surface area contributed by atoms with E-state index < -0.39 is 33.2 Å². The molecule has 246 valence electrons. The van der Waals surface area contributed by atoms with E-state index in [1.807, 2.05) is 60.9 Å². The predicted octanol–water partition coefficient (Wildman–Crippen LogP) is 6.27. The fourth-order valence-electron chi connectivity index (χ4n) is 5.34. The van der Waals surface area contributed by atoms with Gasteiger partial charge < -0.3 is 9.47 Å². The Hall–Kier alpha value is -5.86. The zero-order valence-electron chi connectivity index (χ0n) is 26.0. The fraction of sp³-hybridized carbons (Fsp3) is 0.114. The van der Waals surface area contributed by atoms with Gasteiger partial charge in [0, 0.05) is 16.5 Å². The third-order valence-corrected chi connectivity index (χ3v) is 9.27. The zero-order valence-corrected chi connectivity index (χ0v) is 27.6. The molecular weight excluding hydrogens is 669 g/mol. The van der Waals surface area contributed by atoms with Gasteiger partial charge in [-0.05, 0) is 60.7 Å². The van der Waals surface area contributed by atoms with Crippen molar-refractivity contribution in [1.29, 1.82) is 0 Å². The van der Waals surface area contributed by atoms with Gasteiger partial charge in [0.25, 0.3) is 11.2 Å². The molecule has 0 saturated heterocycles. The summed E-state index contributed by atoms with van der Waals surface area (Å²) in [5.41, 5.74) is 1.20. The second-order valence-electron chi connectivity index (χ2n) is 10.5. The quantitative estimate of drug-likeness (QED) is 0.0712. The molecule has 0 fully saturated rings. The molecule has 49 heavy (non-hydrogen) atoms. The van der Waals surface area contributed by atoms with Crippen molar-refractivity contribution in [2.75, 3.05) is 12.9 Å². The highest BCUT2D eigenvalue weighted by atomic mass is 32.2. The van der Waals surface area contributed by atoms with Crippen LogP contribution in [0.1, 0.15) is 29.7 Å². The molecule has 0 saturated carbocycles. The summed E-state index contributed by atoms with van der Waals surface area (Å²) < 4.78 is 13.1.